The van der Waals surface area contributed by atoms with Crippen molar-refractivity contribution in [3.63, 3.8) is 0 Å². The number of hydrogen-bond donors (Lipinski definition) is 0. The van der Waals surface area contributed by atoms with Gasteiger partial charge in [0.25, 0.3) is 0 Å². The van der Waals surface area contributed by atoms with Crippen LogP contribution in [0.15, 0.2) is 60.7 Å². The topological polar surface area (TPSA) is 35.5 Å². The summed E-state index contributed by atoms with van der Waals surface area (Å²) in [6.07, 6.45) is -9.23. The van der Waals surface area contributed by atoms with Crippen LogP contribution in [0.25, 0.3) is 22.3 Å². The third kappa shape index (κ3) is 7.24. The highest BCUT2D eigenvalue weighted by molar-refractivity contribution is 5.82. The van der Waals surface area contributed by atoms with Gasteiger partial charge in [-0.25, -0.2) is 4.39 Å². The normalized spacial score (nSPS) is 12.9. The minimum atomic E-state index is -5.08. The summed E-state index contributed by atoms with van der Waals surface area (Å²) < 4.78 is 99.8. The zero-order valence-electron chi connectivity index (χ0n) is 20.0. The van der Waals surface area contributed by atoms with Gasteiger partial charge in [-0.2, -0.15) is 13.2 Å². The summed E-state index contributed by atoms with van der Waals surface area (Å²) in [5.41, 5.74) is 0.945. The Hall–Kier alpha value is -3.56. The van der Waals surface area contributed by atoms with Crippen LogP contribution in [-0.4, -0.2) is 19.4 Å². The van der Waals surface area contributed by atoms with Crippen LogP contribution in [0.1, 0.15) is 37.3 Å². The first-order valence-electron chi connectivity index (χ1n) is 11.1. The van der Waals surface area contributed by atoms with Crippen molar-refractivity contribution in [3.8, 4) is 28.0 Å². The van der Waals surface area contributed by atoms with Gasteiger partial charge >= 0.3 is 18.5 Å². The van der Waals surface area contributed by atoms with Gasteiger partial charge in [0.2, 0.25) is 0 Å². The van der Waals surface area contributed by atoms with Gasteiger partial charge in [0.1, 0.15) is 0 Å². The SMILES string of the molecule is COC(=O)C(CC(C)C)c1cc(-c2ccc(C(F)(F)F)cc2)cc(-c2ccc(OC(F)(F)F)c(F)c2)c1. The van der Waals surface area contributed by atoms with E-state index >= 15 is 0 Å². The van der Waals surface area contributed by atoms with E-state index in [1.165, 1.54) is 25.3 Å². The van der Waals surface area contributed by atoms with Crippen LogP contribution in [0.5, 0.6) is 5.75 Å². The minimum Gasteiger partial charge on any atom is -0.469 e. The smallest absolute Gasteiger partial charge is 0.469 e. The maximum absolute atomic E-state index is 14.5. The Labute approximate surface area is 208 Å². The van der Waals surface area contributed by atoms with Gasteiger partial charge in [-0.1, -0.05) is 44.2 Å². The molecule has 0 fully saturated rings. The third-order valence-electron chi connectivity index (χ3n) is 5.59. The number of benzene rings is 3. The molecule has 0 radical (unpaired) electrons. The van der Waals surface area contributed by atoms with Crippen LogP contribution in [-0.2, 0) is 15.7 Å². The standard InChI is InChI=1S/C27H23F7O3/c1-15(2)10-22(25(35)36-3)20-12-18(16-4-7-21(8-5-16)26(29,30)31)11-19(13-20)17-6-9-24(23(28)14-17)37-27(32,33)34/h4-9,11-15,22H,10H2,1-3H3. The molecule has 0 heterocycles. The van der Waals surface area contributed by atoms with Crippen LogP contribution in [0, 0.1) is 11.7 Å². The first-order valence-corrected chi connectivity index (χ1v) is 11.1. The molecule has 10 heteroatoms. The zero-order chi connectivity index (χ0) is 27.5. The maximum atomic E-state index is 14.5. The molecule has 0 bridgehead atoms. The summed E-state index contributed by atoms with van der Waals surface area (Å²) in [4.78, 5) is 12.6. The van der Waals surface area contributed by atoms with Crippen LogP contribution < -0.4 is 4.74 Å². The predicted octanol–water partition coefficient (Wildman–Crippen LogP) is 8.38. The first-order chi connectivity index (χ1) is 17.2. The monoisotopic (exact) mass is 528 g/mol. The Kier molecular flexibility index (Phi) is 8.19. The van der Waals surface area contributed by atoms with Crippen molar-refractivity contribution in [2.75, 3.05) is 7.11 Å². The molecule has 0 N–H and O–H groups in total. The molecular weight excluding hydrogens is 505 g/mol. The fourth-order valence-electron chi connectivity index (χ4n) is 3.91. The summed E-state index contributed by atoms with van der Waals surface area (Å²) in [5.74, 6) is -3.48. The molecule has 0 spiro atoms. The van der Waals surface area contributed by atoms with Crippen LogP contribution in [0.4, 0.5) is 30.7 Å². The van der Waals surface area contributed by atoms with E-state index in [1.54, 1.807) is 18.2 Å². The van der Waals surface area contributed by atoms with Gasteiger partial charge in [0, 0.05) is 0 Å². The quantitative estimate of drug-likeness (QED) is 0.228. The molecule has 1 atom stereocenters. The molecule has 0 saturated carbocycles. The van der Waals surface area contributed by atoms with Crippen molar-refractivity contribution in [1.29, 1.82) is 0 Å². The lowest BCUT2D eigenvalue weighted by Crippen LogP contribution is -2.18. The van der Waals surface area contributed by atoms with E-state index in [0.29, 0.717) is 28.7 Å². The Balaban J connectivity index is 2.16. The van der Waals surface area contributed by atoms with Crippen LogP contribution >= 0.6 is 0 Å². The van der Waals surface area contributed by atoms with Gasteiger partial charge in [0.15, 0.2) is 11.6 Å². The van der Waals surface area contributed by atoms with Crippen molar-refractivity contribution in [1.82, 2.24) is 0 Å². The lowest BCUT2D eigenvalue weighted by molar-refractivity contribution is -0.275. The summed E-state index contributed by atoms with van der Waals surface area (Å²) in [7, 11) is 1.23. The second-order valence-electron chi connectivity index (χ2n) is 8.82. The Morgan fingerprint density at radius 2 is 1.38 bits per heavy atom. The molecule has 0 aliphatic heterocycles. The molecule has 3 rings (SSSR count). The van der Waals surface area contributed by atoms with E-state index in [1.807, 2.05) is 13.8 Å². The molecule has 198 valence electrons. The summed E-state index contributed by atoms with van der Waals surface area (Å²) in [6.45, 7) is 3.79. The number of carbonyl (C=O) groups excluding carboxylic acids is 1. The fraction of sp³-hybridized carbons (Fsp3) is 0.296. The van der Waals surface area contributed by atoms with E-state index in [4.69, 9.17) is 4.74 Å². The Bertz CT molecular complexity index is 1250. The zero-order valence-corrected chi connectivity index (χ0v) is 20.0. The summed E-state index contributed by atoms with van der Waals surface area (Å²) in [5, 5.41) is 0. The average molecular weight is 528 g/mol. The van der Waals surface area contributed by atoms with Crippen molar-refractivity contribution < 1.29 is 45.0 Å². The van der Waals surface area contributed by atoms with Crippen molar-refractivity contribution >= 4 is 5.97 Å². The van der Waals surface area contributed by atoms with Crippen LogP contribution in [0.3, 0.4) is 0 Å². The Morgan fingerprint density at radius 3 is 1.86 bits per heavy atom. The molecule has 3 aromatic carbocycles. The molecule has 3 nitrogen and oxygen atoms in total. The van der Waals surface area contributed by atoms with Crippen LogP contribution in [0.2, 0.25) is 0 Å². The number of rotatable bonds is 7. The number of hydrogen-bond acceptors (Lipinski definition) is 3. The predicted molar refractivity (Wildman–Crippen MR) is 123 cm³/mol. The molecule has 0 aliphatic carbocycles. The molecule has 3 aromatic rings. The molecule has 0 saturated heterocycles. The number of carbonyl (C=O) groups is 1. The lowest BCUT2D eigenvalue weighted by Gasteiger charge is -2.20. The number of esters is 1. The van der Waals surface area contributed by atoms with Gasteiger partial charge < -0.3 is 9.47 Å². The molecule has 0 aromatic heterocycles. The summed E-state index contributed by atoms with van der Waals surface area (Å²) in [6, 6.07) is 12.0. The number of methoxy groups -OCH3 is 1. The van der Waals surface area contributed by atoms with Crippen molar-refractivity contribution in [2.24, 2.45) is 5.92 Å². The van der Waals surface area contributed by atoms with E-state index in [0.717, 1.165) is 24.3 Å². The van der Waals surface area contributed by atoms with Gasteiger partial charge in [-0.15, -0.1) is 13.2 Å². The number of halogens is 7. The Morgan fingerprint density at radius 1 is 0.811 bits per heavy atom. The second-order valence-corrected chi connectivity index (χ2v) is 8.82. The first kappa shape index (κ1) is 28.0. The molecule has 37 heavy (non-hydrogen) atoms. The largest absolute Gasteiger partial charge is 0.573 e. The van der Waals surface area contributed by atoms with E-state index in [-0.39, 0.29) is 11.5 Å². The highest BCUT2D eigenvalue weighted by Crippen LogP contribution is 2.37. The van der Waals surface area contributed by atoms with Gasteiger partial charge in [0.05, 0.1) is 18.6 Å². The molecular formula is C27H23F7O3. The van der Waals surface area contributed by atoms with E-state index in [2.05, 4.69) is 4.74 Å². The lowest BCUT2D eigenvalue weighted by atomic mass is 9.86. The average Bonchev–Trinajstić information content (AvgIpc) is 2.81. The van der Waals surface area contributed by atoms with E-state index < -0.39 is 41.6 Å². The highest BCUT2D eigenvalue weighted by atomic mass is 19.4. The number of alkyl halides is 6. The van der Waals surface area contributed by atoms with Crippen molar-refractivity contribution in [2.45, 2.75) is 38.7 Å². The maximum Gasteiger partial charge on any atom is 0.573 e. The minimum absolute atomic E-state index is 0.0681. The molecule has 0 aliphatic rings. The van der Waals surface area contributed by atoms with Crippen molar-refractivity contribution in [3.05, 3.63) is 77.6 Å². The fourth-order valence-corrected chi connectivity index (χ4v) is 3.91. The third-order valence-corrected chi connectivity index (χ3v) is 5.59. The summed E-state index contributed by atoms with van der Waals surface area (Å²) >= 11 is 0. The number of ether oxygens (including phenoxy) is 2. The molecule has 1 unspecified atom stereocenters. The second kappa shape index (κ2) is 10.8. The van der Waals surface area contributed by atoms with E-state index in [9.17, 15) is 35.5 Å². The molecule has 0 amide bonds. The highest BCUT2D eigenvalue weighted by Gasteiger charge is 2.33. The van der Waals surface area contributed by atoms with Gasteiger partial charge in [-0.3, -0.25) is 4.79 Å². The van der Waals surface area contributed by atoms with Gasteiger partial charge in [-0.05, 0) is 70.5 Å².